The average molecular weight is 289 g/mol. The van der Waals surface area contributed by atoms with Gasteiger partial charge >= 0.3 is 0 Å². The first-order chi connectivity index (χ1) is 9.84. The number of rotatable bonds is 5. The molecular weight excluding hydrogens is 258 g/mol. The maximum atomic E-state index is 4.63. The van der Waals surface area contributed by atoms with Crippen LogP contribution in [0.3, 0.4) is 0 Å². The highest BCUT2D eigenvalue weighted by Gasteiger charge is 2.31. The zero-order valence-electron chi connectivity index (χ0n) is 14.3. The zero-order chi connectivity index (χ0) is 15.5. The molecular formula is C18H31N3. The molecule has 0 aromatic carbocycles. The minimum absolute atomic E-state index is 0.425. The molecule has 1 N–H and O–H groups in total. The molecule has 1 atom stereocenters. The third-order valence-electron chi connectivity index (χ3n) is 4.48. The fourth-order valence-electron chi connectivity index (χ4n) is 2.89. The lowest BCUT2D eigenvalue weighted by Crippen LogP contribution is -2.26. The molecule has 0 amide bonds. The van der Waals surface area contributed by atoms with Gasteiger partial charge in [-0.05, 0) is 35.9 Å². The second kappa shape index (κ2) is 6.89. The van der Waals surface area contributed by atoms with Crippen LogP contribution in [0.2, 0.25) is 0 Å². The number of nitrogens with zero attached hydrogens (tertiary/aromatic N) is 2. The molecule has 3 nitrogen and oxygen atoms in total. The molecule has 1 saturated heterocycles. The van der Waals surface area contributed by atoms with Crippen molar-refractivity contribution in [2.75, 3.05) is 13.1 Å². The highest BCUT2D eigenvalue weighted by molar-refractivity contribution is 5.14. The van der Waals surface area contributed by atoms with E-state index < -0.39 is 0 Å². The van der Waals surface area contributed by atoms with E-state index in [0.717, 1.165) is 19.0 Å². The largest absolute Gasteiger partial charge is 0.310 e. The first-order valence-corrected chi connectivity index (χ1v) is 8.24. The summed E-state index contributed by atoms with van der Waals surface area (Å²) < 4.78 is 0. The summed E-state index contributed by atoms with van der Waals surface area (Å²) in [4.78, 5) is 7.17. The van der Waals surface area contributed by atoms with Crippen molar-refractivity contribution in [3.8, 4) is 0 Å². The van der Waals surface area contributed by atoms with Crippen LogP contribution >= 0.6 is 0 Å². The Hall–Kier alpha value is -0.930. The van der Waals surface area contributed by atoms with Gasteiger partial charge < -0.3 is 5.32 Å². The van der Waals surface area contributed by atoms with Gasteiger partial charge in [0.25, 0.3) is 0 Å². The van der Waals surface area contributed by atoms with Gasteiger partial charge in [0.1, 0.15) is 0 Å². The SMILES string of the molecule is CC(C)NCc1ccc(CN2CCC(C(C)(C)C)C2)nc1. The lowest BCUT2D eigenvalue weighted by molar-refractivity contribution is 0.225. The Balaban J connectivity index is 1.84. The molecule has 0 spiro atoms. The molecule has 0 saturated carbocycles. The van der Waals surface area contributed by atoms with Gasteiger partial charge in [-0.1, -0.05) is 40.7 Å². The Morgan fingerprint density at radius 1 is 1.33 bits per heavy atom. The smallest absolute Gasteiger partial charge is 0.0544 e. The molecule has 21 heavy (non-hydrogen) atoms. The number of aromatic nitrogens is 1. The highest BCUT2D eigenvalue weighted by atomic mass is 15.2. The van der Waals surface area contributed by atoms with Gasteiger partial charge in [-0.15, -0.1) is 0 Å². The average Bonchev–Trinajstić information content (AvgIpc) is 2.86. The maximum Gasteiger partial charge on any atom is 0.0544 e. The summed E-state index contributed by atoms with van der Waals surface area (Å²) in [6.07, 6.45) is 3.34. The van der Waals surface area contributed by atoms with Crippen molar-refractivity contribution in [1.82, 2.24) is 15.2 Å². The van der Waals surface area contributed by atoms with Crippen molar-refractivity contribution in [1.29, 1.82) is 0 Å². The first-order valence-electron chi connectivity index (χ1n) is 8.24. The van der Waals surface area contributed by atoms with Crippen molar-refractivity contribution in [3.63, 3.8) is 0 Å². The summed E-state index contributed by atoms with van der Waals surface area (Å²) in [7, 11) is 0. The molecule has 1 aromatic heterocycles. The van der Waals surface area contributed by atoms with Crippen molar-refractivity contribution in [2.24, 2.45) is 11.3 Å². The van der Waals surface area contributed by atoms with E-state index in [1.54, 1.807) is 0 Å². The summed E-state index contributed by atoms with van der Waals surface area (Å²) >= 11 is 0. The van der Waals surface area contributed by atoms with Gasteiger partial charge in [-0.2, -0.15) is 0 Å². The Morgan fingerprint density at radius 2 is 2.10 bits per heavy atom. The van der Waals surface area contributed by atoms with Gasteiger partial charge in [-0.25, -0.2) is 0 Å². The molecule has 118 valence electrons. The van der Waals surface area contributed by atoms with E-state index in [0.29, 0.717) is 11.5 Å². The number of nitrogens with one attached hydrogen (secondary N) is 1. The Morgan fingerprint density at radius 3 is 2.62 bits per heavy atom. The Bertz CT molecular complexity index is 431. The second-order valence-electron chi connectivity index (χ2n) is 7.78. The predicted octanol–water partition coefficient (Wildman–Crippen LogP) is 3.45. The standard InChI is InChI=1S/C18H31N3/c1-14(2)19-10-15-6-7-17(20-11-15)13-21-9-8-16(12-21)18(3,4)5/h6-7,11,14,16,19H,8-10,12-13H2,1-5H3. The third kappa shape index (κ3) is 5.08. The van der Waals surface area contributed by atoms with Gasteiger partial charge in [0.15, 0.2) is 0 Å². The van der Waals surface area contributed by atoms with Crippen LogP contribution in [0.25, 0.3) is 0 Å². The predicted molar refractivity (Wildman–Crippen MR) is 89.1 cm³/mol. The van der Waals surface area contributed by atoms with E-state index in [4.69, 9.17) is 0 Å². The van der Waals surface area contributed by atoms with E-state index in [1.165, 1.54) is 30.8 Å². The Labute approximate surface area is 130 Å². The van der Waals surface area contributed by atoms with Crippen LogP contribution < -0.4 is 5.32 Å². The Kier molecular flexibility index (Phi) is 5.39. The minimum atomic E-state index is 0.425. The summed E-state index contributed by atoms with van der Waals surface area (Å²) in [5.41, 5.74) is 2.88. The van der Waals surface area contributed by atoms with Gasteiger partial charge in [0.2, 0.25) is 0 Å². The minimum Gasteiger partial charge on any atom is -0.310 e. The van der Waals surface area contributed by atoms with Crippen LogP contribution in [0.5, 0.6) is 0 Å². The summed E-state index contributed by atoms with van der Waals surface area (Å²) in [5, 5.41) is 3.43. The zero-order valence-corrected chi connectivity index (χ0v) is 14.3. The molecule has 3 heteroatoms. The van der Waals surface area contributed by atoms with E-state index in [1.807, 2.05) is 6.20 Å². The third-order valence-corrected chi connectivity index (χ3v) is 4.48. The topological polar surface area (TPSA) is 28.2 Å². The van der Waals surface area contributed by atoms with Gasteiger partial charge in [0, 0.05) is 31.9 Å². The lowest BCUT2D eigenvalue weighted by atomic mass is 9.80. The maximum absolute atomic E-state index is 4.63. The van der Waals surface area contributed by atoms with E-state index in [2.05, 4.69) is 62.0 Å². The molecule has 1 aromatic rings. The molecule has 1 aliphatic rings. The molecule has 0 aliphatic carbocycles. The first kappa shape index (κ1) is 16.4. The summed E-state index contributed by atoms with van der Waals surface area (Å²) in [6, 6.07) is 4.90. The monoisotopic (exact) mass is 289 g/mol. The van der Waals surface area contributed by atoms with Crippen molar-refractivity contribution in [3.05, 3.63) is 29.6 Å². The second-order valence-corrected chi connectivity index (χ2v) is 7.78. The van der Waals surface area contributed by atoms with E-state index in [-0.39, 0.29) is 0 Å². The van der Waals surface area contributed by atoms with Gasteiger partial charge in [0.05, 0.1) is 5.69 Å². The summed E-state index contributed by atoms with van der Waals surface area (Å²) in [6.45, 7) is 15.7. The molecule has 1 aliphatic heterocycles. The molecule has 1 unspecified atom stereocenters. The molecule has 2 heterocycles. The van der Waals surface area contributed by atoms with Crippen molar-refractivity contribution in [2.45, 2.75) is 60.2 Å². The van der Waals surface area contributed by atoms with E-state index >= 15 is 0 Å². The van der Waals surface area contributed by atoms with Crippen LogP contribution in [0, 0.1) is 11.3 Å². The number of likely N-dealkylation sites (tertiary alicyclic amines) is 1. The van der Waals surface area contributed by atoms with Crippen LogP contribution in [-0.2, 0) is 13.1 Å². The molecule has 0 radical (unpaired) electrons. The molecule has 2 rings (SSSR count). The van der Waals surface area contributed by atoms with Crippen LogP contribution in [0.4, 0.5) is 0 Å². The fourth-order valence-corrected chi connectivity index (χ4v) is 2.89. The van der Waals surface area contributed by atoms with Crippen molar-refractivity contribution < 1.29 is 0 Å². The molecule has 0 bridgehead atoms. The van der Waals surface area contributed by atoms with Gasteiger partial charge in [-0.3, -0.25) is 9.88 Å². The lowest BCUT2D eigenvalue weighted by Gasteiger charge is -2.27. The number of pyridine rings is 1. The highest BCUT2D eigenvalue weighted by Crippen LogP contribution is 2.33. The normalized spacial score (nSPS) is 20.4. The summed E-state index contributed by atoms with van der Waals surface area (Å²) in [5.74, 6) is 0.812. The van der Waals surface area contributed by atoms with E-state index in [9.17, 15) is 0 Å². The van der Waals surface area contributed by atoms with Crippen molar-refractivity contribution >= 4 is 0 Å². The van der Waals surface area contributed by atoms with Crippen LogP contribution in [0.15, 0.2) is 18.3 Å². The van der Waals surface area contributed by atoms with Crippen LogP contribution in [0.1, 0.15) is 52.3 Å². The number of hydrogen-bond acceptors (Lipinski definition) is 3. The quantitative estimate of drug-likeness (QED) is 0.900. The molecule has 1 fully saturated rings. The van der Waals surface area contributed by atoms with Crippen LogP contribution in [-0.4, -0.2) is 29.0 Å². The fraction of sp³-hybridized carbons (Fsp3) is 0.722. The number of hydrogen-bond donors (Lipinski definition) is 1.